The molecule has 4 heterocycles. The summed E-state index contributed by atoms with van der Waals surface area (Å²) in [4.78, 5) is 17.6. The van der Waals surface area contributed by atoms with Gasteiger partial charge in [0.15, 0.2) is 23.8 Å². The molecular formula is C26H29F3N6OS. The fourth-order valence-corrected chi connectivity index (χ4v) is 4.41. The van der Waals surface area contributed by atoms with Gasteiger partial charge in [-0.25, -0.2) is 22.7 Å². The quantitative estimate of drug-likeness (QED) is 0.275. The third kappa shape index (κ3) is 6.23. The lowest BCUT2D eigenvalue weighted by Crippen LogP contribution is -2.43. The summed E-state index contributed by atoms with van der Waals surface area (Å²) in [6.45, 7) is 8.21. The molecule has 37 heavy (non-hydrogen) atoms. The van der Waals surface area contributed by atoms with Crippen LogP contribution in [0.4, 0.5) is 12.7 Å². The van der Waals surface area contributed by atoms with Gasteiger partial charge >= 0.3 is 0 Å². The van der Waals surface area contributed by atoms with Gasteiger partial charge in [-0.3, -0.25) is 4.90 Å². The lowest BCUT2D eigenvalue weighted by atomic mass is 10.2. The molecule has 1 aromatic carbocycles. The van der Waals surface area contributed by atoms with Gasteiger partial charge in [-0.05, 0) is 36.9 Å². The van der Waals surface area contributed by atoms with E-state index < -0.39 is 6.43 Å². The van der Waals surface area contributed by atoms with E-state index in [1.54, 1.807) is 24.4 Å². The number of alkyl halides is 2. The van der Waals surface area contributed by atoms with Crippen LogP contribution in [0.2, 0.25) is 0 Å². The van der Waals surface area contributed by atoms with Gasteiger partial charge in [-0.2, -0.15) is 4.98 Å². The number of halogens is 3. The van der Waals surface area contributed by atoms with Gasteiger partial charge in [-0.1, -0.05) is 38.1 Å². The third-order valence-corrected chi connectivity index (χ3v) is 6.33. The predicted molar refractivity (Wildman–Crippen MR) is 140 cm³/mol. The number of likely N-dealkylation sites (N-methyl/N-ethyl adjacent to an activating group) is 1. The minimum atomic E-state index is -2.74. The molecule has 3 aromatic heterocycles. The summed E-state index contributed by atoms with van der Waals surface area (Å²) < 4.78 is 48.0. The van der Waals surface area contributed by atoms with Gasteiger partial charge in [0, 0.05) is 38.9 Å². The summed E-state index contributed by atoms with van der Waals surface area (Å²) in [6.07, 6.45) is -1.05. The molecule has 0 bridgehead atoms. The highest BCUT2D eigenvalue weighted by Crippen LogP contribution is 2.36. The normalized spacial score (nSPS) is 14.6. The van der Waals surface area contributed by atoms with Crippen LogP contribution in [0.25, 0.3) is 22.6 Å². The van der Waals surface area contributed by atoms with Crippen LogP contribution >= 0.6 is 12.3 Å². The first-order chi connectivity index (χ1) is 18.0. The maximum Gasteiger partial charge on any atom is 0.280 e. The maximum absolute atomic E-state index is 14.0. The molecule has 0 radical (unpaired) electrons. The highest BCUT2D eigenvalue weighted by molar-refractivity contribution is 7.92. The van der Waals surface area contributed by atoms with Crippen LogP contribution in [0.3, 0.4) is 0 Å². The summed E-state index contributed by atoms with van der Waals surface area (Å²) in [6, 6.07) is 13.3. The van der Waals surface area contributed by atoms with Crippen molar-refractivity contribution in [3.05, 3.63) is 66.0 Å². The number of pyridine rings is 1. The molecule has 0 saturated carbocycles. The molecule has 196 valence electrons. The Kier molecular flexibility index (Phi) is 9.01. The van der Waals surface area contributed by atoms with Crippen molar-refractivity contribution in [2.24, 2.45) is 0 Å². The molecule has 1 aliphatic rings. The Morgan fingerprint density at radius 3 is 2.35 bits per heavy atom. The second-order valence-electron chi connectivity index (χ2n) is 8.34. The summed E-state index contributed by atoms with van der Waals surface area (Å²) in [5, 5.41) is 0.576. The number of fused-ring (bicyclic) bond motifs is 1. The molecule has 0 N–H and O–H groups in total. The van der Waals surface area contributed by atoms with Crippen molar-refractivity contribution in [2.75, 3.05) is 33.2 Å². The fraction of sp³-hybridized carbons (Fsp3) is 0.346. The Labute approximate surface area is 218 Å². The van der Waals surface area contributed by atoms with E-state index in [1.165, 1.54) is 16.1 Å². The zero-order valence-electron chi connectivity index (χ0n) is 20.9. The second kappa shape index (κ2) is 12.4. The molecule has 7 nitrogen and oxygen atoms in total. The van der Waals surface area contributed by atoms with E-state index in [4.69, 9.17) is 4.74 Å². The van der Waals surface area contributed by atoms with Crippen LogP contribution in [-0.4, -0.2) is 62.0 Å². The molecule has 4 aromatic rings. The van der Waals surface area contributed by atoms with Crippen molar-refractivity contribution < 1.29 is 17.4 Å². The molecule has 0 atom stereocenters. The van der Waals surface area contributed by atoms with Gasteiger partial charge in [0.05, 0.1) is 5.39 Å². The average Bonchev–Trinajstić information content (AvgIpc) is 3.29. The van der Waals surface area contributed by atoms with Crippen molar-refractivity contribution in [3.8, 4) is 23.1 Å². The van der Waals surface area contributed by atoms with Crippen LogP contribution in [0.1, 0.15) is 31.5 Å². The summed E-state index contributed by atoms with van der Waals surface area (Å²) in [7, 11) is 2.08. The van der Waals surface area contributed by atoms with Gasteiger partial charge in [0.1, 0.15) is 17.1 Å². The van der Waals surface area contributed by atoms with E-state index in [-0.39, 0.29) is 35.4 Å². The van der Waals surface area contributed by atoms with Gasteiger partial charge < -0.3 is 9.64 Å². The topological polar surface area (TPSA) is 59.3 Å². The first-order valence-electron chi connectivity index (χ1n) is 12.1. The van der Waals surface area contributed by atoms with Crippen molar-refractivity contribution >= 4 is 23.4 Å². The zero-order chi connectivity index (χ0) is 26.4. The van der Waals surface area contributed by atoms with Crippen LogP contribution in [-0.2, 0) is 6.54 Å². The summed E-state index contributed by atoms with van der Waals surface area (Å²) >= 11 is 0.0122. The number of nitrogens with zero attached hydrogens (tertiary/aromatic N) is 6. The fourth-order valence-electron chi connectivity index (χ4n) is 4.04. The molecule has 0 amide bonds. The number of rotatable bonds is 7. The van der Waals surface area contributed by atoms with E-state index in [9.17, 15) is 12.7 Å². The average molecular weight is 531 g/mol. The summed E-state index contributed by atoms with van der Waals surface area (Å²) in [5.41, 5.74) is 0.880. The highest BCUT2D eigenvalue weighted by Gasteiger charge is 2.24. The maximum atomic E-state index is 14.0. The third-order valence-electron chi connectivity index (χ3n) is 5.90. The number of piperazine rings is 1. The van der Waals surface area contributed by atoms with E-state index in [2.05, 4.69) is 31.8 Å². The molecule has 1 saturated heterocycles. The smallest absolute Gasteiger partial charge is 0.280 e. The Balaban J connectivity index is 0.00000156. The number of benzene rings is 1. The first-order valence-corrected chi connectivity index (χ1v) is 12.8. The lowest BCUT2D eigenvalue weighted by molar-refractivity contribution is 0.146. The summed E-state index contributed by atoms with van der Waals surface area (Å²) in [5.74, 6) is 0.835. The van der Waals surface area contributed by atoms with Crippen LogP contribution in [0.15, 0.2) is 54.7 Å². The van der Waals surface area contributed by atoms with Crippen molar-refractivity contribution in [1.82, 2.24) is 28.7 Å². The zero-order valence-corrected chi connectivity index (χ0v) is 21.8. The monoisotopic (exact) mass is 530 g/mol. The second-order valence-corrected chi connectivity index (χ2v) is 8.87. The lowest BCUT2D eigenvalue weighted by Gasteiger charge is -2.32. The van der Waals surface area contributed by atoms with Gasteiger partial charge in [0.25, 0.3) is 6.43 Å². The Bertz CT molecular complexity index is 1310. The van der Waals surface area contributed by atoms with E-state index in [0.29, 0.717) is 23.3 Å². The van der Waals surface area contributed by atoms with Crippen molar-refractivity contribution in [3.63, 3.8) is 0 Å². The van der Waals surface area contributed by atoms with Crippen LogP contribution < -0.4 is 4.74 Å². The van der Waals surface area contributed by atoms with Crippen molar-refractivity contribution in [1.29, 1.82) is 0 Å². The number of para-hydroxylation sites is 1. The number of hydrogen-bond acceptors (Lipinski definition) is 7. The predicted octanol–water partition coefficient (Wildman–Crippen LogP) is 6.38. The Morgan fingerprint density at radius 2 is 1.68 bits per heavy atom. The Hall–Kier alpha value is -3.15. The minimum Gasteiger partial charge on any atom is -0.438 e. The van der Waals surface area contributed by atoms with Crippen LogP contribution in [0, 0.1) is 0 Å². The molecule has 1 fully saturated rings. The molecular weight excluding hydrogens is 501 g/mol. The SMILES string of the molecule is CC.CN1CCN(Cc2cn(SF)c3nc(-c4cccc(C(F)F)n4)nc(Oc4ccccc4)c23)CC1. The number of aromatic nitrogens is 4. The standard InChI is InChI=1S/C24H23F3N6OS.C2H6/c1-31-10-12-32(13-11-31)14-16-15-33(35-27)23-20(16)24(34-17-6-3-2-4-7-17)30-22(29-23)19-9-5-8-18(28-19)21(25)26;1-2/h2-9,15,21H,10-14H2,1H3;1-2H3. The van der Waals surface area contributed by atoms with Gasteiger partial charge in [-0.15, -0.1) is 3.89 Å². The first kappa shape index (κ1) is 26.9. The number of hydrogen-bond donors (Lipinski definition) is 0. The molecule has 0 spiro atoms. The van der Waals surface area contributed by atoms with E-state index in [0.717, 1.165) is 31.7 Å². The van der Waals surface area contributed by atoms with Crippen molar-refractivity contribution in [2.45, 2.75) is 26.8 Å². The largest absolute Gasteiger partial charge is 0.438 e. The van der Waals surface area contributed by atoms with Gasteiger partial charge in [0.2, 0.25) is 5.88 Å². The molecule has 0 aliphatic carbocycles. The minimum absolute atomic E-state index is 0.0122. The molecule has 0 unspecified atom stereocenters. The highest BCUT2D eigenvalue weighted by atomic mass is 32.2. The molecule has 1 aliphatic heterocycles. The molecule has 5 rings (SSSR count). The van der Waals surface area contributed by atoms with E-state index in [1.807, 2.05) is 32.0 Å². The number of ether oxygens (including phenoxy) is 1. The van der Waals surface area contributed by atoms with E-state index >= 15 is 0 Å². The van der Waals surface area contributed by atoms with Crippen LogP contribution in [0.5, 0.6) is 11.6 Å². The molecule has 11 heteroatoms. The Morgan fingerprint density at radius 1 is 0.946 bits per heavy atom.